The average molecular weight is 339 g/mol. The first-order chi connectivity index (χ1) is 9.16. The van der Waals surface area contributed by atoms with E-state index in [2.05, 4.69) is 20.9 Å². The smallest absolute Gasteiger partial charge is 0.239 e. The Hall–Kier alpha value is -1.44. The maximum atomic E-state index is 13.2. The Labute approximate surface area is 134 Å². The molecule has 0 aromatic carbocycles. The van der Waals surface area contributed by atoms with Gasteiger partial charge in [0.25, 0.3) is 0 Å². The maximum Gasteiger partial charge on any atom is 0.239 e. The van der Waals surface area contributed by atoms with Crippen molar-refractivity contribution in [3.63, 3.8) is 0 Å². The summed E-state index contributed by atoms with van der Waals surface area (Å²) in [6.45, 7) is 1.19. The van der Waals surface area contributed by atoms with Crippen molar-refractivity contribution < 1.29 is 14.0 Å². The minimum Gasteiger partial charge on any atom is -0.349 e. The van der Waals surface area contributed by atoms with Crippen molar-refractivity contribution >= 4 is 36.6 Å². The molecule has 3 N–H and O–H groups in total. The van der Waals surface area contributed by atoms with Crippen molar-refractivity contribution in [2.24, 2.45) is 5.92 Å². The van der Waals surface area contributed by atoms with Crippen molar-refractivity contribution in [2.75, 3.05) is 19.6 Å². The molecule has 1 aromatic rings. The van der Waals surface area contributed by atoms with Gasteiger partial charge in [0.1, 0.15) is 5.82 Å². The molecule has 21 heavy (non-hydrogen) atoms. The van der Waals surface area contributed by atoms with E-state index in [1.54, 1.807) is 0 Å². The summed E-state index contributed by atoms with van der Waals surface area (Å²) in [7, 11) is 0. The average Bonchev–Trinajstić information content (AvgIpc) is 2.33. The number of carbonyl (C=O) groups excluding carboxylic acids is 2. The zero-order chi connectivity index (χ0) is 13.7. The Bertz CT molecular complexity index is 486. The van der Waals surface area contributed by atoms with Gasteiger partial charge in [-0.3, -0.25) is 14.6 Å². The fraction of sp³-hybridized carbons (Fsp3) is 0.417. The highest BCUT2D eigenvalue weighted by molar-refractivity contribution is 5.86. The first-order valence-electron chi connectivity index (χ1n) is 6.01. The highest BCUT2D eigenvalue weighted by atomic mass is 35.5. The summed E-state index contributed by atoms with van der Waals surface area (Å²) in [6, 6.07) is 2.76. The Morgan fingerprint density at radius 2 is 2.05 bits per heavy atom. The fourth-order valence-electron chi connectivity index (χ4n) is 1.58. The van der Waals surface area contributed by atoms with Gasteiger partial charge >= 0.3 is 0 Å². The lowest BCUT2D eigenvalue weighted by Gasteiger charge is -2.25. The molecule has 2 heterocycles. The highest BCUT2D eigenvalue weighted by Gasteiger charge is 2.24. The Morgan fingerprint density at radius 3 is 2.62 bits per heavy atom. The van der Waals surface area contributed by atoms with E-state index in [-0.39, 0.29) is 61.3 Å². The van der Waals surface area contributed by atoms with E-state index in [4.69, 9.17) is 0 Å². The molecular formula is C12H17Cl2FN4O2. The molecule has 0 radical (unpaired) electrons. The summed E-state index contributed by atoms with van der Waals surface area (Å²) in [5.74, 6) is -1.03. The van der Waals surface area contributed by atoms with E-state index in [0.29, 0.717) is 13.1 Å². The van der Waals surface area contributed by atoms with Gasteiger partial charge in [-0.1, -0.05) is 0 Å². The van der Waals surface area contributed by atoms with Gasteiger partial charge in [0, 0.05) is 19.3 Å². The summed E-state index contributed by atoms with van der Waals surface area (Å²) in [5.41, 5.74) is 0.172. The lowest BCUT2D eigenvalue weighted by molar-refractivity contribution is -0.129. The number of hydrogen-bond donors (Lipinski definition) is 3. The molecule has 1 fully saturated rings. The number of pyridine rings is 1. The molecule has 0 atom stereocenters. The number of aromatic nitrogens is 1. The van der Waals surface area contributed by atoms with Gasteiger partial charge in [-0.25, -0.2) is 4.39 Å². The van der Waals surface area contributed by atoms with Gasteiger partial charge in [-0.15, -0.1) is 24.8 Å². The summed E-state index contributed by atoms with van der Waals surface area (Å²) in [4.78, 5) is 26.7. The predicted molar refractivity (Wildman–Crippen MR) is 79.9 cm³/mol. The SMILES string of the molecule is Cl.Cl.O=C(CNC(=O)C1CNC1)NCc1ncccc1F. The fourth-order valence-corrected chi connectivity index (χ4v) is 1.58. The van der Waals surface area contributed by atoms with Crippen LogP contribution in [0.3, 0.4) is 0 Å². The highest BCUT2D eigenvalue weighted by Crippen LogP contribution is 2.02. The van der Waals surface area contributed by atoms with Gasteiger partial charge in [0.2, 0.25) is 11.8 Å². The summed E-state index contributed by atoms with van der Waals surface area (Å²) in [6.07, 6.45) is 1.45. The predicted octanol–water partition coefficient (Wildman–Crippen LogP) is 0.0161. The molecule has 118 valence electrons. The largest absolute Gasteiger partial charge is 0.349 e. The van der Waals surface area contributed by atoms with Crippen molar-refractivity contribution in [2.45, 2.75) is 6.54 Å². The van der Waals surface area contributed by atoms with Gasteiger partial charge in [-0.2, -0.15) is 0 Å². The van der Waals surface area contributed by atoms with Gasteiger partial charge in [0.15, 0.2) is 0 Å². The topological polar surface area (TPSA) is 83.1 Å². The molecule has 0 spiro atoms. The second-order valence-electron chi connectivity index (χ2n) is 4.28. The minimum absolute atomic E-state index is 0. The van der Waals surface area contributed by atoms with E-state index in [9.17, 15) is 14.0 Å². The number of hydrogen-bond acceptors (Lipinski definition) is 4. The Kier molecular flexibility index (Phi) is 8.84. The van der Waals surface area contributed by atoms with Crippen molar-refractivity contribution in [3.8, 4) is 0 Å². The van der Waals surface area contributed by atoms with E-state index >= 15 is 0 Å². The van der Waals surface area contributed by atoms with Gasteiger partial charge in [0.05, 0.1) is 24.7 Å². The zero-order valence-corrected chi connectivity index (χ0v) is 12.7. The lowest BCUT2D eigenvalue weighted by atomic mass is 10.0. The van der Waals surface area contributed by atoms with Gasteiger partial charge in [-0.05, 0) is 12.1 Å². The van der Waals surface area contributed by atoms with Crippen LogP contribution in [0.25, 0.3) is 0 Å². The standard InChI is InChI=1S/C12H15FN4O2.2ClH/c13-9-2-1-3-15-10(9)6-16-11(18)7-17-12(19)8-4-14-5-8;;/h1-3,8,14H,4-7H2,(H,16,18)(H,17,19);2*1H. The third kappa shape index (κ3) is 5.82. The van der Waals surface area contributed by atoms with Crippen molar-refractivity contribution in [1.82, 2.24) is 20.9 Å². The third-order valence-electron chi connectivity index (χ3n) is 2.86. The van der Waals surface area contributed by atoms with E-state index in [1.807, 2.05) is 0 Å². The second-order valence-corrected chi connectivity index (χ2v) is 4.28. The van der Waals surface area contributed by atoms with E-state index < -0.39 is 5.82 Å². The molecule has 6 nitrogen and oxygen atoms in total. The van der Waals surface area contributed by atoms with Crippen LogP contribution in [0.15, 0.2) is 18.3 Å². The summed E-state index contributed by atoms with van der Waals surface area (Å²) >= 11 is 0. The molecular weight excluding hydrogens is 322 g/mol. The first-order valence-corrected chi connectivity index (χ1v) is 6.01. The molecule has 1 aliphatic heterocycles. The molecule has 0 bridgehead atoms. The van der Waals surface area contributed by atoms with Crippen molar-refractivity contribution in [3.05, 3.63) is 29.8 Å². The number of halogens is 3. The molecule has 2 amide bonds. The molecule has 9 heteroatoms. The lowest BCUT2D eigenvalue weighted by Crippen LogP contribution is -2.52. The third-order valence-corrected chi connectivity index (χ3v) is 2.86. The van der Waals surface area contributed by atoms with Crippen LogP contribution in [0.1, 0.15) is 5.69 Å². The minimum atomic E-state index is -0.465. The number of nitrogens with one attached hydrogen (secondary N) is 3. The number of amides is 2. The van der Waals surface area contributed by atoms with Crippen molar-refractivity contribution in [1.29, 1.82) is 0 Å². The van der Waals surface area contributed by atoms with Crippen LogP contribution in [0.4, 0.5) is 4.39 Å². The van der Waals surface area contributed by atoms with Crippen LogP contribution in [0, 0.1) is 11.7 Å². The van der Waals surface area contributed by atoms with Gasteiger partial charge < -0.3 is 16.0 Å². The molecule has 0 saturated carbocycles. The molecule has 1 aliphatic rings. The quantitative estimate of drug-likeness (QED) is 0.706. The van der Waals surface area contributed by atoms with Crippen LogP contribution in [-0.4, -0.2) is 36.4 Å². The Balaban J connectivity index is 0.00000200. The molecule has 2 rings (SSSR count). The van der Waals surface area contributed by atoms with Crippen LogP contribution < -0.4 is 16.0 Å². The maximum absolute atomic E-state index is 13.2. The summed E-state index contributed by atoms with van der Waals surface area (Å²) in [5, 5.41) is 8.00. The molecule has 1 aromatic heterocycles. The van der Waals surface area contributed by atoms with E-state index in [1.165, 1.54) is 18.3 Å². The molecule has 0 aliphatic carbocycles. The van der Waals surface area contributed by atoms with Crippen LogP contribution in [0.5, 0.6) is 0 Å². The normalized spacial score (nSPS) is 13.2. The molecule has 1 saturated heterocycles. The van der Waals surface area contributed by atoms with Crippen LogP contribution in [0.2, 0.25) is 0 Å². The monoisotopic (exact) mass is 338 g/mol. The Morgan fingerprint density at radius 1 is 1.33 bits per heavy atom. The summed E-state index contributed by atoms with van der Waals surface area (Å²) < 4.78 is 13.2. The first kappa shape index (κ1) is 19.6. The number of carbonyl (C=O) groups is 2. The van der Waals surface area contributed by atoms with Crippen LogP contribution in [-0.2, 0) is 16.1 Å². The van der Waals surface area contributed by atoms with Crippen LogP contribution >= 0.6 is 24.8 Å². The molecule has 0 unspecified atom stereocenters. The number of nitrogens with zero attached hydrogens (tertiary/aromatic N) is 1. The second kappa shape index (κ2) is 9.49. The number of rotatable bonds is 5. The van der Waals surface area contributed by atoms with E-state index in [0.717, 1.165) is 0 Å². The zero-order valence-electron chi connectivity index (χ0n) is 11.1.